The molecule has 0 aliphatic carbocycles. The largest absolute Gasteiger partial charge is 0.446 e. The topological polar surface area (TPSA) is 111 Å². The van der Waals surface area contributed by atoms with Gasteiger partial charge in [0.25, 0.3) is 10.0 Å². The van der Waals surface area contributed by atoms with Gasteiger partial charge in [-0.25, -0.2) is 17.8 Å². The number of hydrogen-bond donors (Lipinski definition) is 0. The Balaban J connectivity index is 1.63. The van der Waals surface area contributed by atoms with Crippen molar-refractivity contribution in [2.24, 2.45) is 0 Å². The van der Waals surface area contributed by atoms with Crippen LogP contribution in [0.4, 0.5) is 0 Å². The molecule has 0 bridgehead atoms. The van der Waals surface area contributed by atoms with Gasteiger partial charge < -0.3 is 4.42 Å². The third-order valence-corrected chi connectivity index (χ3v) is 5.96. The number of furan rings is 1. The van der Waals surface area contributed by atoms with E-state index in [0.717, 1.165) is 12.8 Å². The van der Waals surface area contributed by atoms with Crippen molar-refractivity contribution in [2.45, 2.75) is 24.5 Å². The quantitative estimate of drug-likeness (QED) is 0.660. The molecule has 0 radical (unpaired) electrons. The van der Waals surface area contributed by atoms with E-state index in [4.69, 9.17) is 8.94 Å². The molecule has 0 saturated carbocycles. The molecule has 0 spiro atoms. The van der Waals surface area contributed by atoms with Gasteiger partial charge in [-0.2, -0.15) is 4.31 Å². The fraction of sp³-hybridized carbons (Fsp3) is 0.312. The first-order valence-corrected chi connectivity index (χ1v) is 9.56. The third kappa shape index (κ3) is 2.97. The van der Waals surface area contributed by atoms with Crippen LogP contribution in [0.15, 0.2) is 55.4 Å². The smallest absolute Gasteiger partial charge is 0.442 e. The van der Waals surface area contributed by atoms with Crippen LogP contribution in [0.5, 0.6) is 0 Å². The summed E-state index contributed by atoms with van der Waals surface area (Å²) in [6.45, 7) is 0.977. The monoisotopic (exact) mass is 376 g/mol. The predicted molar refractivity (Wildman–Crippen MR) is 89.8 cm³/mol. The van der Waals surface area contributed by atoms with Gasteiger partial charge >= 0.3 is 5.76 Å². The molecule has 1 aliphatic rings. The van der Waals surface area contributed by atoms with Crippen molar-refractivity contribution >= 4 is 10.0 Å². The molecule has 3 aromatic rings. The molecular formula is C16H16N4O5S. The number of rotatable bonds is 5. The Bertz CT molecular complexity index is 1060. The first-order chi connectivity index (χ1) is 12.6. The minimum Gasteiger partial charge on any atom is -0.446 e. The van der Waals surface area contributed by atoms with Gasteiger partial charge in [0.1, 0.15) is 11.5 Å². The Labute approximate surface area is 148 Å². The SMILES string of the molecule is O=c1onc(-c2ccccn2)n1Cc1ccc(S(=O)(=O)N2CCCC2)o1. The number of pyridine rings is 1. The molecule has 1 fully saturated rings. The maximum atomic E-state index is 12.5. The zero-order valence-electron chi connectivity index (χ0n) is 13.7. The maximum absolute atomic E-state index is 12.5. The van der Waals surface area contributed by atoms with Gasteiger partial charge in [0.2, 0.25) is 10.9 Å². The average Bonchev–Trinajstić information content (AvgIpc) is 3.39. The molecule has 136 valence electrons. The zero-order chi connectivity index (χ0) is 18.1. The van der Waals surface area contributed by atoms with Crippen LogP contribution in [0.3, 0.4) is 0 Å². The summed E-state index contributed by atoms with van der Waals surface area (Å²) in [5.74, 6) is -0.118. The van der Waals surface area contributed by atoms with E-state index < -0.39 is 15.8 Å². The van der Waals surface area contributed by atoms with Crippen LogP contribution < -0.4 is 5.76 Å². The van der Waals surface area contributed by atoms with Crippen molar-refractivity contribution in [3.8, 4) is 11.5 Å². The first kappa shape index (κ1) is 16.7. The molecule has 9 nitrogen and oxygen atoms in total. The van der Waals surface area contributed by atoms with Gasteiger partial charge in [-0.1, -0.05) is 11.2 Å². The maximum Gasteiger partial charge on any atom is 0.442 e. The van der Waals surface area contributed by atoms with Crippen molar-refractivity contribution in [2.75, 3.05) is 13.1 Å². The molecule has 3 aromatic heterocycles. The van der Waals surface area contributed by atoms with Crippen LogP contribution in [-0.4, -0.2) is 40.5 Å². The van der Waals surface area contributed by atoms with Crippen molar-refractivity contribution in [3.05, 3.63) is 52.8 Å². The second-order valence-corrected chi connectivity index (χ2v) is 7.77. The van der Waals surface area contributed by atoms with Crippen LogP contribution in [0.2, 0.25) is 0 Å². The lowest BCUT2D eigenvalue weighted by Gasteiger charge is -2.12. The van der Waals surface area contributed by atoms with Crippen LogP contribution in [-0.2, 0) is 16.6 Å². The molecule has 10 heteroatoms. The summed E-state index contributed by atoms with van der Waals surface area (Å²) < 4.78 is 37.9. The van der Waals surface area contributed by atoms with E-state index in [2.05, 4.69) is 10.1 Å². The standard InChI is InChI=1S/C16H16N4O5S/c21-16-20(15(18-25-16)13-5-1-2-8-17-13)11-12-6-7-14(24-12)26(22,23)19-9-3-4-10-19/h1-2,5-8H,3-4,9-11H2. The molecule has 1 aliphatic heterocycles. The minimum absolute atomic E-state index is 0.0102. The summed E-state index contributed by atoms with van der Waals surface area (Å²) in [4.78, 5) is 16.1. The molecule has 1 saturated heterocycles. The Morgan fingerprint density at radius 3 is 2.65 bits per heavy atom. The van der Waals surface area contributed by atoms with Gasteiger partial charge in [0, 0.05) is 19.3 Å². The summed E-state index contributed by atoms with van der Waals surface area (Å²) in [6, 6.07) is 8.14. The number of nitrogens with zero attached hydrogens (tertiary/aromatic N) is 4. The minimum atomic E-state index is -3.64. The number of hydrogen-bond acceptors (Lipinski definition) is 7. The number of sulfonamides is 1. The lowest BCUT2D eigenvalue weighted by Crippen LogP contribution is -2.27. The summed E-state index contributed by atoms with van der Waals surface area (Å²) in [5.41, 5.74) is 0.467. The van der Waals surface area contributed by atoms with E-state index in [1.807, 2.05) is 0 Å². The zero-order valence-corrected chi connectivity index (χ0v) is 14.6. The van der Waals surface area contributed by atoms with E-state index in [1.165, 1.54) is 21.0 Å². The second kappa shape index (κ2) is 6.54. The fourth-order valence-electron chi connectivity index (χ4n) is 2.88. The summed E-state index contributed by atoms with van der Waals surface area (Å²) in [7, 11) is -3.64. The van der Waals surface area contributed by atoms with E-state index in [-0.39, 0.29) is 17.5 Å². The molecule has 4 heterocycles. The molecule has 0 unspecified atom stereocenters. The summed E-state index contributed by atoms with van der Waals surface area (Å²) in [5, 5.41) is 3.62. The van der Waals surface area contributed by atoms with E-state index in [1.54, 1.807) is 24.4 Å². The Kier molecular flexibility index (Phi) is 4.21. The third-order valence-electron chi connectivity index (χ3n) is 4.19. The van der Waals surface area contributed by atoms with E-state index >= 15 is 0 Å². The lowest BCUT2D eigenvalue weighted by atomic mass is 10.3. The van der Waals surface area contributed by atoms with Gasteiger partial charge in [0.05, 0.1) is 6.54 Å². The fourth-order valence-corrected chi connectivity index (χ4v) is 4.33. The van der Waals surface area contributed by atoms with Crippen molar-refractivity contribution in [1.29, 1.82) is 0 Å². The Hall–Kier alpha value is -2.72. The number of aromatic nitrogens is 3. The molecule has 4 rings (SSSR count). The van der Waals surface area contributed by atoms with Crippen LogP contribution in [0, 0.1) is 0 Å². The molecule has 0 amide bonds. The summed E-state index contributed by atoms with van der Waals surface area (Å²) in [6.07, 6.45) is 3.26. The van der Waals surface area contributed by atoms with Gasteiger partial charge in [-0.05, 0) is 37.1 Å². The molecule has 26 heavy (non-hydrogen) atoms. The molecule has 0 atom stereocenters. The molecule has 0 N–H and O–H groups in total. The summed E-state index contributed by atoms with van der Waals surface area (Å²) >= 11 is 0. The Morgan fingerprint density at radius 1 is 1.12 bits per heavy atom. The van der Waals surface area contributed by atoms with Crippen molar-refractivity contribution in [1.82, 2.24) is 19.0 Å². The Morgan fingerprint density at radius 2 is 1.92 bits per heavy atom. The van der Waals surface area contributed by atoms with Crippen LogP contribution >= 0.6 is 0 Å². The van der Waals surface area contributed by atoms with Crippen LogP contribution in [0.1, 0.15) is 18.6 Å². The second-order valence-electron chi connectivity index (χ2n) is 5.91. The average molecular weight is 376 g/mol. The van der Waals surface area contributed by atoms with E-state index in [0.29, 0.717) is 24.5 Å². The molecule has 0 aromatic carbocycles. The van der Waals surface area contributed by atoms with Gasteiger partial charge in [-0.3, -0.25) is 9.51 Å². The molecular weight excluding hydrogens is 360 g/mol. The van der Waals surface area contributed by atoms with Gasteiger partial charge in [0.15, 0.2) is 0 Å². The highest BCUT2D eigenvalue weighted by Crippen LogP contribution is 2.23. The van der Waals surface area contributed by atoms with Crippen molar-refractivity contribution in [3.63, 3.8) is 0 Å². The highest BCUT2D eigenvalue weighted by molar-refractivity contribution is 7.89. The lowest BCUT2D eigenvalue weighted by molar-refractivity contribution is 0.363. The normalized spacial score (nSPS) is 15.5. The van der Waals surface area contributed by atoms with Gasteiger partial charge in [-0.15, -0.1) is 0 Å². The first-order valence-electron chi connectivity index (χ1n) is 8.12. The highest BCUT2D eigenvalue weighted by Gasteiger charge is 2.30. The van der Waals surface area contributed by atoms with Crippen molar-refractivity contribution < 1.29 is 17.4 Å². The van der Waals surface area contributed by atoms with Crippen LogP contribution in [0.25, 0.3) is 11.5 Å². The highest BCUT2D eigenvalue weighted by atomic mass is 32.2. The van der Waals surface area contributed by atoms with E-state index in [9.17, 15) is 13.2 Å². The predicted octanol–water partition coefficient (Wildman–Crippen LogP) is 1.32.